The number of morpholine rings is 1. The molecule has 0 saturated carbocycles. The highest BCUT2D eigenvalue weighted by Gasteiger charge is 2.16. The maximum atomic E-state index is 9.63. The molecular weight excluding hydrogens is 681 g/mol. The van der Waals surface area contributed by atoms with Crippen molar-refractivity contribution in [1.82, 2.24) is 9.80 Å². The Balaban J connectivity index is 0.000000208. The third-order valence-electron chi connectivity index (χ3n) is 9.47. The van der Waals surface area contributed by atoms with Gasteiger partial charge in [-0.15, -0.1) is 0 Å². The van der Waals surface area contributed by atoms with Gasteiger partial charge in [-0.3, -0.25) is 4.90 Å². The average molecular weight is 733 g/mol. The minimum Gasteiger partial charge on any atom is -0.490 e. The van der Waals surface area contributed by atoms with E-state index < -0.39 is 0 Å². The normalized spacial score (nSPS) is 14.6. The zero-order valence-electron chi connectivity index (χ0n) is 31.8. The summed E-state index contributed by atoms with van der Waals surface area (Å²) in [6, 6.07) is 32.6. The van der Waals surface area contributed by atoms with Crippen molar-refractivity contribution in [3.05, 3.63) is 96.1 Å². The van der Waals surface area contributed by atoms with Crippen LogP contribution in [0, 0.1) is 22.7 Å². The number of nitriles is 2. The van der Waals surface area contributed by atoms with Crippen LogP contribution in [0.2, 0.25) is 0 Å². The SMILES string of the molecule is COCCOc1cccc(-c2ccc(N3CCN(C)CC3)cc2)c1C#N.COCCOc1cccc(-c2ccc(NCCN3CCOCC3)cc2)c1C#N. The minimum absolute atomic E-state index is 0.417. The average Bonchev–Trinajstić information content (AvgIpc) is 3.22. The predicted molar refractivity (Wildman–Crippen MR) is 213 cm³/mol. The van der Waals surface area contributed by atoms with Gasteiger partial charge >= 0.3 is 0 Å². The molecule has 11 heteroatoms. The smallest absolute Gasteiger partial charge is 0.137 e. The number of hydrogen-bond acceptors (Lipinski definition) is 11. The number of nitrogens with one attached hydrogen (secondary N) is 1. The number of benzene rings is 4. The van der Waals surface area contributed by atoms with Gasteiger partial charge in [-0.25, -0.2) is 0 Å². The van der Waals surface area contributed by atoms with Crippen LogP contribution < -0.4 is 19.7 Å². The van der Waals surface area contributed by atoms with Crippen molar-refractivity contribution >= 4 is 11.4 Å². The number of piperazine rings is 1. The van der Waals surface area contributed by atoms with E-state index in [0.717, 1.165) is 93.5 Å². The van der Waals surface area contributed by atoms with Gasteiger partial charge in [0.2, 0.25) is 0 Å². The molecule has 11 nitrogen and oxygen atoms in total. The lowest BCUT2D eigenvalue weighted by atomic mass is 9.99. The summed E-state index contributed by atoms with van der Waals surface area (Å²) in [5, 5.41) is 22.7. The van der Waals surface area contributed by atoms with Gasteiger partial charge in [0.05, 0.1) is 26.4 Å². The van der Waals surface area contributed by atoms with Crippen molar-refractivity contribution in [2.24, 2.45) is 0 Å². The molecule has 2 saturated heterocycles. The number of ether oxygens (including phenoxy) is 5. The molecule has 0 bridgehead atoms. The van der Waals surface area contributed by atoms with E-state index in [2.05, 4.69) is 63.5 Å². The van der Waals surface area contributed by atoms with Crippen molar-refractivity contribution in [2.75, 3.05) is 123 Å². The minimum atomic E-state index is 0.417. The number of likely N-dealkylation sites (N-methyl/N-ethyl adjacent to an activating group) is 1. The molecule has 0 aliphatic carbocycles. The maximum Gasteiger partial charge on any atom is 0.137 e. The zero-order valence-corrected chi connectivity index (χ0v) is 31.8. The van der Waals surface area contributed by atoms with Gasteiger partial charge in [-0.05, 0) is 54.6 Å². The molecule has 0 atom stereocenters. The van der Waals surface area contributed by atoms with E-state index in [1.54, 1.807) is 14.2 Å². The van der Waals surface area contributed by atoms with E-state index in [4.69, 9.17) is 23.7 Å². The highest BCUT2D eigenvalue weighted by Crippen LogP contribution is 2.32. The van der Waals surface area contributed by atoms with E-state index in [1.807, 2.05) is 60.7 Å². The maximum absolute atomic E-state index is 9.63. The Kier molecular flexibility index (Phi) is 16.0. The molecular formula is C43H52N6O5. The summed E-state index contributed by atoms with van der Waals surface area (Å²) in [6.45, 7) is 11.6. The van der Waals surface area contributed by atoms with E-state index in [-0.39, 0.29) is 0 Å². The second-order valence-corrected chi connectivity index (χ2v) is 13.1. The van der Waals surface area contributed by atoms with Gasteiger partial charge in [0.15, 0.2) is 0 Å². The molecule has 1 N–H and O–H groups in total. The Morgan fingerprint density at radius 2 is 1.17 bits per heavy atom. The molecule has 0 aromatic heterocycles. The summed E-state index contributed by atoms with van der Waals surface area (Å²) >= 11 is 0. The monoisotopic (exact) mass is 732 g/mol. The predicted octanol–water partition coefficient (Wildman–Crippen LogP) is 6.00. The molecule has 0 unspecified atom stereocenters. The van der Waals surface area contributed by atoms with Crippen molar-refractivity contribution < 1.29 is 23.7 Å². The lowest BCUT2D eigenvalue weighted by Gasteiger charge is -2.34. The third kappa shape index (κ3) is 11.4. The first-order chi connectivity index (χ1) is 26.5. The highest BCUT2D eigenvalue weighted by atomic mass is 16.5. The Labute approximate surface area is 320 Å². The van der Waals surface area contributed by atoms with Gasteiger partial charge in [-0.1, -0.05) is 48.5 Å². The van der Waals surface area contributed by atoms with Crippen LogP contribution in [-0.4, -0.2) is 123 Å². The van der Waals surface area contributed by atoms with Crippen LogP contribution in [0.4, 0.5) is 11.4 Å². The summed E-state index contributed by atoms with van der Waals surface area (Å²) in [4.78, 5) is 7.15. The van der Waals surface area contributed by atoms with Crippen molar-refractivity contribution in [2.45, 2.75) is 0 Å². The van der Waals surface area contributed by atoms with E-state index in [1.165, 1.54) is 5.69 Å². The summed E-state index contributed by atoms with van der Waals surface area (Å²) in [7, 11) is 5.42. The van der Waals surface area contributed by atoms with E-state index in [9.17, 15) is 10.5 Å². The zero-order chi connectivity index (χ0) is 38.0. The van der Waals surface area contributed by atoms with Crippen LogP contribution in [0.25, 0.3) is 22.3 Å². The van der Waals surface area contributed by atoms with Crippen LogP contribution in [0.3, 0.4) is 0 Å². The molecule has 0 spiro atoms. The second-order valence-electron chi connectivity index (χ2n) is 13.1. The Morgan fingerprint density at radius 3 is 1.67 bits per heavy atom. The van der Waals surface area contributed by atoms with Gasteiger partial charge in [-0.2, -0.15) is 10.5 Å². The van der Waals surface area contributed by atoms with Crippen LogP contribution in [0.5, 0.6) is 11.5 Å². The molecule has 54 heavy (non-hydrogen) atoms. The summed E-state index contributed by atoms with van der Waals surface area (Å²) < 4.78 is 26.8. The van der Waals surface area contributed by atoms with Crippen molar-refractivity contribution in [3.8, 4) is 45.9 Å². The molecule has 4 aromatic carbocycles. The first-order valence-corrected chi connectivity index (χ1v) is 18.5. The number of rotatable bonds is 15. The van der Waals surface area contributed by atoms with Crippen LogP contribution in [0.15, 0.2) is 84.9 Å². The van der Waals surface area contributed by atoms with Gasteiger partial charge < -0.3 is 38.8 Å². The Hall–Kier alpha value is -5.14. The van der Waals surface area contributed by atoms with Gasteiger partial charge in [0.1, 0.15) is 48.0 Å². The first kappa shape index (κ1) is 40.1. The molecule has 2 aliphatic heterocycles. The molecule has 2 aliphatic rings. The lowest BCUT2D eigenvalue weighted by molar-refractivity contribution is 0.0398. The number of methoxy groups -OCH3 is 2. The molecule has 0 amide bonds. The summed E-state index contributed by atoms with van der Waals surface area (Å²) in [5.74, 6) is 1.19. The quantitative estimate of drug-likeness (QED) is 0.145. The lowest BCUT2D eigenvalue weighted by Crippen LogP contribution is -2.44. The standard InChI is InChI=1S/C22H27N3O3.C21H25N3O2/c1-26-15-16-28-22-4-2-3-20(21(22)17-23)18-5-7-19(8-6-18)24-9-10-25-11-13-27-14-12-25;1-23-10-12-24(13-11-23)18-8-6-17(7-9-18)19-4-3-5-21(20(19)16-22)26-15-14-25-2/h2-8,24H,9-16H2,1H3;3-9H,10-15H2,1-2H3. The molecule has 2 heterocycles. The fourth-order valence-electron chi connectivity index (χ4n) is 6.35. The van der Waals surface area contributed by atoms with Crippen LogP contribution in [-0.2, 0) is 14.2 Å². The molecule has 284 valence electrons. The second kappa shape index (κ2) is 21.5. The number of hydrogen-bond donors (Lipinski definition) is 1. The Morgan fingerprint density at radius 1 is 0.648 bits per heavy atom. The van der Waals surface area contributed by atoms with E-state index >= 15 is 0 Å². The van der Waals surface area contributed by atoms with E-state index in [0.29, 0.717) is 49.1 Å². The fourth-order valence-corrected chi connectivity index (χ4v) is 6.35. The number of anilines is 2. The van der Waals surface area contributed by atoms with Crippen LogP contribution >= 0.6 is 0 Å². The number of nitrogens with zero attached hydrogens (tertiary/aromatic N) is 5. The largest absolute Gasteiger partial charge is 0.490 e. The molecule has 6 rings (SSSR count). The van der Waals surface area contributed by atoms with Crippen molar-refractivity contribution in [3.63, 3.8) is 0 Å². The highest BCUT2D eigenvalue weighted by molar-refractivity contribution is 5.76. The molecule has 0 radical (unpaired) electrons. The summed E-state index contributed by atoms with van der Waals surface area (Å²) in [6.07, 6.45) is 0. The van der Waals surface area contributed by atoms with Crippen LogP contribution in [0.1, 0.15) is 11.1 Å². The van der Waals surface area contributed by atoms with Gasteiger partial charge in [0.25, 0.3) is 0 Å². The fraction of sp³-hybridized carbons (Fsp3) is 0.395. The molecule has 2 fully saturated rings. The summed E-state index contributed by atoms with van der Waals surface area (Å²) in [5.41, 5.74) is 7.20. The van der Waals surface area contributed by atoms with Crippen molar-refractivity contribution in [1.29, 1.82) is 10.5 Å². The molecule has 4 aromatic rings. The topological polar surface area (TPSA) is 115 Å². The first-order valence-electron chi connectivity index (χ1n) is 18.5. The Bertz CT molecular complexity index is 1810. The van der Waals surface area contributed by atoms with Gasteiger partial charge in [0, 0.05) is 89.1 Å². The third-order valence-corrected chi connectivity index (χ3v) is 9.47.